The van der Waals surface area contributed by atoms with E-state index in [-0.39, 0.29) is 0 Å². The van der Waals surface area contributed by atoms with Gasteiger partial charge in [-0.1, -0.05) is 27.7 Å². The fourth-order valence-corrected chi connectivity index (χ4v) is 3.47. The molecular formula is C12H28O2Si. The van der Waals surface area contributed by atoms with Crippen molar-refractivity contribution in [2.45, 2.75) is 60.2 Å². The van der Waals surface area contributed by atoms with E-state index in [1.54, 1.807) is 0 Å². The maximum absolute atomic E-state index is 6.02. The van der Waals surface area contributed by atoms with Crippen molar-refractivity contribution in [3.05, 3.63) is 0 Å². The molecule has 0 N–H and O–H groups in total. The lowest BCUT2D eigenvalue weighted by molar-refractivity contribution is 0.108. The van der Waals surface area contributed by atoms with Gasteiger partial charge in [-0.3, -0.25) is 0 Å². The Kier molecular flexibility index (Phi) is 6.72. The highest BCUT2D eigenvalue weighted by Gasteiger charge is 2.27. The standard InChI is InChI=1S/C12H28O2Si/c1-10(2)8-12(5)14-15(6,7)13-9-11(3)4/h10-12H,8-9H2,1-7H3. The molecule has 0 spiro atoms. The average Bonchev–Trinajstić information content (AvgIpc) is 1.98. The summed E-state index contributed by atoms with van der Waals surface area (Å²) in [5.74, 6) is 1.27. The van der Waals surface area contributed by atoms with Gasteiger partial charge in [-0.05, 0) is 38.3 Å². The molecule has 0 aromatic carbocycles. The SMILES string of the molecule is CC(C)CO[Si](C)(C)OC(C)CC(C)C. The molecule has 0 saturated carbocycles. The van der Waals surface area contributed by atoms with Crippen LogP contribution in [0.15, 0.2) is 0 Å². The zero-order chi connectivity index (χ0) is 12.1. The summed E-state index contributed by atoms with van der Waals surface area (Å²) in [5, 5.41) is 0. The summed E-state index contributed by atoms with van der Waals surface area (Å²) in [6, 6.07) is 0. The molecule has 0 bridgehead atoms. The maximum atomic E-state index is 6.02. The topological polar surface area (TPSA) is 18.5 Å². The van der Waals surface area contributed by atoms with Crippen molar-refractivity contribution in [1.29, 1.82) is 0 Å². The van der Waals surface area contributed by atoms with Crippen LogP contribution in [0.4, 0.5) is 0 Å². The molecule has 1 atom stereocenters. The molecule has 0 rings (SSSR count). The van der Waals surface area contributed by atoms with E-state index in [0.717, 1.165) is 13.0 Å². The zero-order valence-electron chi connectivity index (χ0n) is 11.5. The van der Waals surface area contributed by atoms with Gasteiger partial charge in [0.1, 0.15) is 0 Å². The first kappa shape index (κ1) is 15.1. The predicted octanol–water partition coefficient (Wildman–Crippen LogP) is 3.81. The van der Waals surface area contributed by atoms with Crippen molar-refractivity contribution in [3.8, 4) is 0 Å². The molecule has 0 aromatic rings. The van der Waals surface area contributed by atoms with E-state index in [1.165, 1.54) is 0 Å². The van der Waals surface area contributed by atoms with Crippen molar-refractivity contribution in [2.75, 3.05) is 6.61 Å². The Hall–Kier alpha value is 0.137. The molecule has 0 aliphatic carbocycles. The molecule has 0 aliphatic heterocycles. The summed E-state index contributed by atoms with van der Waals surface area (Å²) >= 11 is 0. The van der Waals surface area contributed by atoms with E-state index in [4.69, 9.17) is 8.85 Å². The van der Waals surface area contributed by atoms with Gasteiger partial charge in [0, 0.05) is 12.7 Å². The fraction of sp³-hybridized carbons (Fsp3) is 1.00. The molecule has 0 heterocycles. The Morgan fingerprint density at radius 2 is 1.47 bits per heavy atom. The van der Waals surface area contributed by atoms with E-state index < -0.39 is 8.56 Å². The van der Waals surface area contributed by atoms with Gasteiger partial charge in [0.15, 0.2) is 0 Å². The number of hydrogen-bond donors (Lipinski definition) is 0. The van der Waals surface area contributed by atoms with Crippen molar-refractivity contribution >= 4 is 8.56 Å². The largest absolute Gasteiger partial charge is 0.394 e. The Morgan fingerprint density at radius 3 is 1.87 bits per heavy atom. The first-order chi connectivity index (χ1) is 6.73. The molecule has 0 radical (unpaired) electrons. The lowest BCUT2D eigenvalue weighted by Crippen LogP contribution is -2.39. The van der Waals surface area contributed by atoms with Crippen molar-refractivity contribution < 1.29 is 8.85 Å². The van der Waals surface area contributed by atoms with Crippen LogP contribution in [0.2, 0.25) is 13.1 Å². The van der Waals surface area contributed by atoms with Gasteiger partial charge in [-0.15, -0.1) is 0 Å². The van der Waals surface area contributed by atoms with Crippen LogP contribution in [0.1, 0.15) is 41.0 Å². The minimum atomic E-state index is -1.90. The van der Waals surface area contributed by atoms with Crippen LogP contribution in [0.25, 0.3) is 0 Å². The van der Waals surface area contributed by atoms with E-state index in [1.807, 2.05) is 0 Å². The monoisotopic (exact) mass is 232 g/mol. The van der Waals surface area contributed by atoms with Crippen LogP contribution >= 0.6 is 0 Å². The summed E-state index contributed by atoms with van der Waals surface area (Å²) in [7, 11) is -1.90. The van der Waals surface area contributed by atoms with Crippen LogP contribution in [0, 0.1) is 11.8 Å². The second-order valence-corrected chi connectivity index (χ2v) is 8.99. The first-order valence-electron chi connectivity index (χ1n) is 6.04. The molecular weight excluding hydrogens is 204 g/mol. The average molecular weight is 232 g/mol. The number of hydrogen-bond acceptors (Lipinski definition) is 2. The highest BCUT2D eigenvalue weighted by atomic mass is 28.4. The quantitative estimate of drug-likeness (QED) is 0.621. The number of rotatable bonds is 7. The second kappa shape index (κ2) is 6.66. The summed E-state index contributed by atoms with van der Waals surface area (Å²) in [5.41, 5.74) is 0. The van der Waals surface area contributed by atoms with E-state index in [0.29, 0.717) is 17.9 Å². The lowest BCUT2D eigenvalue weighted by Gasteiger charge is -2.28. The maximum Gasteiger partial charge on any atom is 0.331 e. The summed E-state index contributed by atoms with van der Waals surface area (Å²) < 4.78 is 11.9. The molecule has 0 aromatic heterocycles. The van der Waals surface area contributed by atoms with Crippen LogP contribution < -0.4 is 0 Å². The smallest absolute Gasteiger partial charge is 0.331 e. The van der Waals surface area contributed by atoms with E-state index >= 15 is 0 Å². The van der Waals surface area contributed by atoms with Gasteiger partial charge in [-0.25, -0.2) is 0 Å². The third-order valence-corrected chi connectivity index (χ3v) is 3.88. The first-order valence-corrected chi connectivity index (χ1v) is 8.86. The van der Waals surface area contributed by atoms with Gasteiger partial charge in [0.2, 0.25) is 0 Å². The molecule has 0 saturated heterocycles. The molecule has 1 unspecified atom stereocenters. The Balaban J connectivity index is 3.90. The zero-order valence-corrected chi connectivity index (χ0v) is 12.5. The van der Waals surface area contributed by atoms with Crippen LogP contribution in [-0.4, -0.2) is 21.3 Å². The van der Waals surface area contributed by atoms with E-state index in [2.05, 4.69) is 47.7 Å². The van der Waals surface area contributed by atoms with Gasteiger partial charge in [-0.2, -0.15) is 0 Å². The summed E-state index contributed by atoms with van der Waals surface area (Å²) in [6.07, 6.45) is 1.43. The molecule has 0 amide bonds. The van der Waals surface area contributed by atoms with Crippen molar-refractivity contribution in [3.63, 3.8) is 0 Å². The minimum Gasteiger partial charge on any atom is -0.394 e. The van der Waals surface area contributed by atoms with Gasteiger partial charge in [0.05, 0.1) is 0 Å². The van der Waals surface area contributed by atoms with Gasteiger partial charge < -0.3 is 8.85 Å². The van der Waals surface area contributed by atoms with E-state index in [9.17, 15) is 0 Å². The second-order valence-electron chi connectivity index (χ2n) is 5.66. The third kappa shape index (κ3) is 9.09. The molecule has 15 heavy (non-hydrogen) atoms. The minimum absolute atomic E-state index is 0.318. The highest BCUT2D eigenvalue weighted by Crippen LogP contribution is 2.16. The summed E-state index contributed by atoms with van der Waals surface area (Å²) in [6.45, 7) is 16.0. The molecule has 92 valence electrons. The fourth-order valence-electron chi connectivity index (χ4n) is 1.60. The van der Waals surface area contributed by atoms with Crippen molar-refractivity contribution in [2.24, 2.45) is 11.8 Å². The summed E-state index contributed by atoms with van der Waals surface area (Å²) in [4.78, 5) is 0. The molecule has 0 fully saturated rings. The van der Waals surface area contributed by atoms with Crippen molar-refractivity contribution in [1.82, 2.24) is 0 Å². The normalized spacial score (nSPS) is 15.0. The Morgan fingerprint density at radius 1 is 0.933 bits per heavy atom. The Labute approximate surface area is 96.6 Å². The predicted molar refractivity (Wildman–Crippen MR) is 68.3 cm³/mol. The molecule has 0 aliphatic rings. The lowest BCUT2D eigenvalue weighted by atomic mass is 10.1. The highest BCUT2D eigenvalue weighted by molar-refractivity contribution is 6.64. The van der Waals surface area contributed by atoms with Gasteiger partial charge in [0.25, 0.3) is 0 Å². The van der Waals surface area contributed by atoms with Gasteiger partial charge >= 0.3 is 8.56 Å². The third-order valence-electron chi connectivity index (χ3n) is 2.05. The van der Waals surface area contributed by atoms with Crippen LogP contribution in [0.5, 0.6) is 0 Å². The Bertz CT molecular complexity index is 167. The van der Waals surface area contributed by atoms with Crippen LogP contribution in [0.3, 0.4) is 0 Å². The molecule has 3 heteroatoms. The van der Waals surface area contributed by atoms with Crippen LogP contribution in [-0.2, 0) is 8.85 Å². The molecule has 2 nitrogen and oxygen atoms in total.